The van der Waals surface area contributed by atoms with Crippen molar-refractivity contribution in [3.63, 3.8) is 0 Å². The first-order valence-corrected chi connectivity index (χ1v) is 10.6. The van der Waals surface area contributed by atoms with Gasteiger partial charge in [-0.15, -0.1) is 0 Å². The van der Waals surface area contributed by atoms with Crippen LogP contribution in [-0.2, 0) is 23.7 Å². The lowest BCUT2D eigenvalue weighted by molar-refractivity contribution is -0.387. The smallest absolute Gasteiger partial charge is 0.187 e. The maximum absolute atomic E-state index is 10.6. The van der Waals surface area contributed by atoms with Crippen LogP contribution in [0.15, 0.2) is 0 Å². The number of aliphatic hydroxyl groups is 11. The van der Waals surface area contributed by atoms with Crippen molar-refractivity contribution in [2.24, 2.45) is 0 Å². The summed E-state index contributed by atoms with van der Waals surface area (Å²) >= 11 is 0. The summed E-state index contributed by atoms with van der Waals surface area (Å²) in [5.41, 5.74) is 0. The molecule has 3 fully saturated rings. The molecule has 0 aromatic heterocycles. The standard InChI is InChI=1S/C18H32O16/c19-1-4-7(22)9(24)13(28)17(31-4)34-15-10(25)8(23)5(2-20)32-18(15)33-14-6(3-21)30-16(29)12(27)11(14)26/h4-29H,1-3H2/t4-,5-,6-,7-,8-,9+,10+,11-,12-,13-,14-,15+,16?,17+,18-/m1/s1. The second kappa shape index (κ2) is 11.6. The van der Waals surface area contributed by atoms with Crippen LogP contribution in [0.5, 0.6) is 0 Å². The van der Waals surface area contributed by atoms with Crippen LogP contribution in [-0.4, -0.2) is 168 Å². The average molecular weight is 504 g/mol. The molecule has 34 heavy (non-hydrogen) atoms. The molecule has 200 valence electrons. The molecule has 11 N–H and O–H groups in total. The zero-order chi connectivity index (χ0) is 25.3. The van der Waals surface area contributed by atoms with E-state index in [0.717, 1.165) is 0 Å². The van der Waals surface area contributed by atoms with E-state index in [1.54, 1.807) is 0 Å². The van der Waals surface area contributed by atoms with Gasteiger partial charge < -0.3 is 79.9 Å². The van der Waals surface area contributed by atoms with Crippen molar-refractivity contribution in [3.05, 3.63) is 0 Å². The molecule has 3 rings (SSSR count). The van der Waals surface area contributed by atoms with Crippen LogP contribution in [0.4, 0.5) is 0 Å². The van der Waals surface area contributed by atoms with E-state index >= 15 is 0 Å². The second-order valence-electron chi connectivity index (χ2n) is 8.33. The van der Waals surface area contributed by atoms with E-state index in [1.165, 1.54) is 0 Å². The van der Waals surface area contributed by atoms with Crippen molar-refractivity contribution >= 4 is 0 Å². The Balaban J connectivity index is 1.84. The quantitative estimate of drug-likeness (QED) is 0.154. The number of aliphatic hydroxyl groups excluding tert-OH is 11. The number of rotatable bonds is 7. The van der Waals surface area contributed by atoms with E-state index in [-0.39, 0.29) is 0 Å². The molecule has 3 aliphatic rings. The van der Waals surface area contributed by atoms with Gasteiger partial charge >= 0.3 is 0 Å². The molecule has 3 saturated heterocycles. The molecular formula is C18H32O16. The highest BCUT2D eigenvalue weighted by atomic mass is 16.8. The molecule has 15 atom stereocenters. The maximum atomic E-state index is 10.6. The predicted octanol–water partition coefficient (Wildman–Crippen LogP) is -7.57. The summed E-state index contributed by atoms with van der Waals surface area (Å²) in [7, 11) is 0. The minimum atomic E-state index is -1.89. The molecule has 3 aliphatic heterocycles. The zero-order valence-electron chi connectivity index (χ0n) is 17.7. The fourth-order valence-corrected chi connectivity index (χ4v) is 4.04. The highest BCUT2D eigenvalue weighted by Gasteiger charge is 2.53. The molecule has 0 aromatic rings. The lowest BCUT2D eigenvalue weighted by Crippen LogP contribution is -2.66. The van der Waals surface area contributed by atoms with Gasteiger partial charge in [0.2, 0.25) is 0 Å². The van der Waals surface area contributed by atoms with E-state index < -0.39 is 112 Å². The van der Waals surface area contributed by atoms with Crippen LogP contribution in [0.2, 0.25) is 0 Å². The van der Waals surface area contributed by atoms with E-state index in [9.17, 15) is 56.2 Å². The Hall–Kier alpha value is -0.640. The molecule has 16 heteroatoms. The summed E-state index contributed by atoms with van der Waals surface area (Å²) in [6, 6.07) is 0. The topological polar surface area (TPSA) is 269 Å². The monoisotopic (exact) mass is 504 g/mol. The number of hydrogen-bond donors (Lipinski definition) is 11. The summed E-state index contributed by atoms with van der Waals surface area (Å²) in [5.74, 6) is 0. The molecule has 0 aromatic carbocycles. The molecular weight excluding hydrogens is 472 g/mol. The van der Waals surface area contributed by atoms with Gasteiger partial charge in [0.15, 0.2) is 18.9 Å². The Kier molecular flexibility index (Phi) is 9.54. The molecule has 1 unspecified atom stereocenters. The summed E-state index contributed by atoms with van der Waals surface area (Å²) in [6.07, 6.45) is -25.6. The van der Waals surface area contributed by atoms with Crippen molar-refractivity contribution in [1.82, 2.24) is 0 Å². The lowest BCUT2D eigenvalue weighted by Gasteiger charge is -2.48. The Morgan fingerprint density at radius 2 is 0.912 bits per heavy atom. The molecule has 0 aliphatic carbocycles. The Bertz CT molecular complexity index is 637. The summed E-state index contributed by atoms with van der Waals surface area (Å²) in [6.45, 7) is -2.35. The van der Waals surface area contributed by atoms with E-state index in [4.69, 9.17) is 23.7 Å². The van der Waals surface area contributed by atoms with Crippen LogP contribution in [0, 0.1) is 0 Å². The SMILES string of the molecule is OC[C@H]1O[C@@H](O[C@@H]2[C@@H](O[C@H]3[C@H](O)[C@@H](O)C(O)O[C@@H]3CO)O[C@H](CO)[C@@H](O)[C@@H]2O)[C@H](O)[C@@H](O)[C@@H]1O. The molecule has 0 spiro atoms. The van der Waals surface area contributed by atoms with Gasteiger partial charge in [-0.1, -0.05) is 0 Å². The predicted molar refractivity (Wildman–Crippen MR) is 101 cm³/mol. The Morgan fingerprint density at radius 1 is 0.441 bits per heavy atom. The summed E-state index contributed by atoms with van der Waals surface area (Å²) < 4.78 is 26.7. The summed E-state index contributed by atoms with van der Waals surface area (Å²) in [5, 5.41) is 109. The van der Waals surface area contributed by atoms with Gasteiger partial charge in [0.05, 0.1) is 19.8 Å². The Morgan fingerprint density at radius 3 is 1.47 bits per heavy atom. The fourth-order valence-electron chi connectivity index (χ4n) is 4.04. The van der Waals surface area contributed by atoms with Crippen LogP contribution in [0.25, 0.3) is 0 Å². The molecule has 16 nitrogen and oxygen atoms in total. The second-order valence-corrected chi connectivity index (χ2v) is 8.33. The normalized spacial score (nSPS) is 52.5. The first-order valence-electron chi connectivity index (χ1n) is 10.6. The minimum Gasteiger partial charge on any atom is -0.394 e. The van der Waals surface area contributed by atoms with Crippen LogP contribution in [0.1, 0.15) is 0 Å². The van der Waals surface area contributed by atoms with Crippen molar-refractivity contribution in [3.8, 4) is 0 Å². The Labute approximate surface area is 192 Å². The van der Waals surface area contributed by atoms with Gasteiger partial charge in [-0.2, -0.15) is 0 Å². The number of ether oxygens (including phenoxy) is 5. The van der Waals surface area contributed by atoms with Gasteiger partial charge in [0.1, 0.15) is 73.2 Å². The van der Waals surface area contributed by atoms with E-state index in [2.05, 4.69) is 0 Å². The van der Waals surface area contributed by atoms with Gasteiger partial charge in [0.25, 0.3) is 0 Å². The molecule has 0 radical (unpaired) electrons. The average Bonchev–Trinajstić information content (AvgIpc) is 2.83. The van der Waals surface area contributed by atoms with E-state index in [1.807, 2.05) is 0 Å². The van der Waals surface area contributed by atoms with Gasteiger partial charge in [-0.25, -0.2) is 0 Å². The van der Waals surface area contributed by atoms with Crippen molar-refractivity contribution in [2.45, 2.75) is 92.1 Å². The van der Waals surface area contributed by atoms with Crippen molar-refractivity contribution in [2.75, 3.05) is 19.8 Å². The third kappa shape index (κ3) is 5.37. The van der Waals surface area contributed by atoms with Crippen LogP contribution in [0.3, 0.4) is 0 Å². The van der Waals surface area contributed by atoms with Gasteiger partial charge in [-0.05, 0) is 0 Å². The van der Waals surface area contributed by atoms with Crippen LogP contribution >= 0.6 is 0 Å². The minimum absolute atomic E-state index is 0.770. The maximum Gasteiger partial charge on any atom is 0.187 e. The van der Waals surface area contributed by atoms with Crippen molar-refractivity contribution < 1.29 is 79.9 Å². The number of hydrogen-bond acceptors (Lipinski definition) is 16. The molecule has 0 amide bonds. The molecule has 3 heterocycles. The first kappa shape index (κ1) is 27.9. The van der Waals surface area contributed by atoms with E-state index in [0.29, 0.717) is 0 Å². The third-order valence-electron chi connectivity index (χ3n) is 6.09. The van der Waals surface area contributed by atoms with Gasteiger partial charge in [-0.3, -0.25) is 0 Å². The first-order chi connectivity index (χ1) is 16.0. The highest BCUT2D eigenvalue weighted by molar-refractivity contribution is 4.96. The molecule has 0 bridgehead atoms. The molecule has 0 saturated carbocycles. The highest BCUT2D eigenvalue weighted by Crippen LogP contribution is 2.32. The summed E-state index contributed by atoms with van der Waals surface area (Å²) in [4.78, 5) is 0. The lowest BCUT2D eigenvalue weighted by atomic mass is 9.96. The largest absolute Gasteiger partial charge is 0.394 e. The zero-order valence-corrected chi connectivity index (χ0v) is 17.7. The van der Waals surface area contributed by atoms with Gasteiger partial charge in [0, 0.05) is 0 Å². The van der Waals surface area contributed by atoms with Crippen molar-refractivity contribution in [1.29, 1.82) is 0 Å². The third-order valence-corrected chi connectivity index (χ3v) is 6.09. The van der Waals surface area contributed by atoms with Crippen LogP contribution < -0.4 is 0 Å². The fraction of sp³-hybridized carbons (Fsp3) is 1.00.